The smallest absolute Gasteiger partial charge is 0.338 e. The van der Waals surface area contributed by atoms with Gasteiger partial charge < -0.3 is 14.8 Å². The number of rotatable bonds is 7. The third-order valence-electron chi connectivity index (χ3n) is 4.64. The van der Waals surface area contributed by atoms with Crippen molar-refractivity contribution in [2.45, 2.75) is 25.6 Å². The standard InChI is InChI=1S/C22H23N3O5S/c1-4-30-21(26)19-14(2)23-22(31-13-15-8-10-18(29-3)11-9-15)24-20(19)16-6-5-7-17(12-16)25(27)28/h5-12,20H,4,13H2,1-3H3,(H,23,24). The first-order valence-electron chi connectivity index (χ1n) is 9.65. The van der Waals surface area contributed by atoms with E-state index in [4.69, 9.17) is 14.5 Å². The minimum absolute atomic E-state index is 0.0560. The van der Waals surface area contributed by atoms with Crippen LogP contribution in [0.25, 0.3) is 0 Å². The molecule has 0 aliphatic carbocycles. The number of nitro benzene ring substituents is 1. The Balaban J connectivity index is 1.89. The summed E-state index contributed by atoms with van der Waals surface area (Å²) in [5.74, 6) is 0.942. The fourth-order valence-corrected chi connectivity index (χ4v) is 4.02. The zero-order chi connectivity index (χ0) is 22.4. The topological polar surface area (TPSA) is 103 Å². The number of nitrogens with one attached hydrogen (secondary N) is 1. The van der Waals surface area contributed by atoms with E-state index in [1.807, 2.05) is 24.3 Å². The number of non-ortho nitro benzene ring substituents is 1. The second-order valence-corrected chi connectivity index (χ2v) is 7.67. The summed E-state index contributed by atoms with van der Waals surface area (Å²) in [4.78, 5) is 28.1. The van der Waals surface area contributed by atoms with Crippen molar-refractivity contribution in [2.24, 2.45) is 4.99 Å². The second-order valence-electron chi connectivity index (χ2n) is 6.71. The molecule has 9 heteroatoms. The number of nitrogens with zero attached hydrogens (tertiary/aromatic N) is 2. The number of amidine groups is 1. The van der Waals surface area contributed by atoms with Crippen molar-refractivity contribution in [2.75, 3.05) is 13.7 Å². The van der Waals surface area contributed by atoms with Gasteiger partial charge in [0.15, 0.2) is 5.17 Å². The van der Waals surface area contributed by atoms with Crippen LogP contribution in [0.5, 0.6) is 5.75 Å². The van der Waals surface area contributed by atoms with Crippen molar-refractivity contribution in [3.05, 3.63) is 81.0 Å². The number of nitro groups is 1. The van der Waals surface area contributed by atoms with Gasteiger partial charge in [0.2, 0.25) is 0 Å². The summed E-state index contributed by atoms with van der Waals surface area (Å²) in [6.45, 7) is 3.73. The number of methoxy groups -OCH3 is 1. The molecule has 2 aromatic rings. The molecule has 0 bridgehead atoms. The number of carbonyl (C=O) groups excluding carboxylic acids is 1. The maximum Gasteiger partial charge on any atom is 0.338 e. The van der Waals surface area contributed by atoms with Crippen molar-refractivity contribution in [3.63, 3.8) is 0 Å². The van der Waals surface area contributed by atoms with E-state index in [-0.39, 0.29) is 12.3 Å². The molecule has 8 nitrogen and oxygen atoms in total. The van der Waals surface area contributed by atoms with Crippen LogP contribution in [0, 0.1) is 10.1 Å². The quantitative estimate of drug-likeness (QED) is 0.386. The predicted octanol–water partition coefficient (Wildman–Crippen LogP) is 4.37. The molecule has 1 unspecified atom stereocenters. The number of ether oxygens (including phenoxy) is 2. The van der Waals surface area contributed by atoms with Gasteiger partial charge in [-0.1, -0.05) is 36.0 Å². The first kappa shape index (κ1) is 22.4. The van der Waals surface area contributed by atoms with Crippen LogP contribution < -0.4 is 10.1 Å². The maximum atomic E-state index is 12.6. The highest BCUT2D eigenvalue weighted by Crippen LogP contribution is 2.34. The molecule has 31 heavy (non-hydrogen) atoms. The molecule has 1 aliphatic heterocycles. The third kappa shape index (κ3) is 5.43. The lowest BCUT2D eigenvalue weighted by molar-refractivity contribution is -0.384. The van der Waals surface area contributed by atoms with E-state index in [0.717, 1.165) is 11.3 Å². The van der Waals surface area contributed by atoms with E-state index in [1.165, 1.54) is 23.9 Å². The monoisotopic (exact) mass is 441 g/mol. The molecule has 1 N–H and O–H groups in total. The number of thioether (sulfide) groups is 1. The van der Waals surface area contributed by atoms with Crippen molar-refractivity contribution in [1.82, 2.24) is 5.32 Å². The van der Waals surface area contributed by atoms with E-state index in [2.05, 4.69) is 5.32 Å². The van der Waals surface area contributed by atoms with Crippen molar-refractivity contribution in [3.8, 4) is 5.75 Å². The Labute approximate surface area is 184 Å². The summed E-state index contributed by atoms with van der Waals surface area (Å²) in [5, 5.41) is 15.0. The van der Waals surface area contributed by atoms with Crippen molar-refractivity contribution >= 4 is 28.6 Å². The molecule has 1 atom stereocenters. The molecule has 0 spiro atoms. The number of aliphatic imine (C=N–C) groups is 1. The number of allylic oxidation sites excluding steroid dienone is 1. The summed E-state index contributed by atoms with van der Waals surface area (Å²) in [5.41, 5.74) is 2.54. The molecule has 0 amide bonds. The highest BCUT2D eigenvalue weighted by Gasteiger charge is 2.31. The Morgan fingerprint density at radius 1 is 1.26 bits per heavy atom. The van der Waals surface area contributed by atoms with Crippen LogP contribution in [0.3, 0.4) is 0 Å². The fourth-order valence-electron chi connectivity index (χ4n) is 3.12. The van der Waals surface area contributed by atoms with Gasteiger partial charge in [0.05, 0.1) is 24.2 Å². The minimum Gasteiger partial charge on any atom is -0.497 e. The lowest BCUT2D eigenvalue weighted by Gasteiger charge is -2.25. The Morgan fingerprint density at radius 2 is 2.00 bits per heavy atom. The second kappa shape index (κ2) is 10.1. The van der Waals surface area contributed by atoms with Crippen LogP contribution in [0.2, 0.25) is 0 Å². The van der Waals surface area contributed by atoms with Gasteiger partial charge in [-0.25, -0.2) is 9.79 Å². The van der Waals surface area contributed by atoms with Crippen molar-refractivity contribution in [1.29, 1.82) is 0 Å². The molecule has 1 aliphatic rings. The van der Waals surface area contributed by atoms with Gasteiger partial charge in [-0.2, -0.15) is 0 Å². The largest absolute Gasteiger partial charge is 0.497 e. The van der Waals surface area contributed by atoms with Gasteiger partial charge in [0, 0.05) is 23.6 Å². The van der Waals surface area contributed by atoms with Crippen molar-refractivity contribution < 1.29 is 19.2 Å². The lowest BCUT2D eigenvalue weighted by atomic mass is 9.96. The van der Waals surface area contributed by atoms with E-state index in [1.54, 1.807) is 33.1 Å². The first-order valence-corrected chi connectivity index (χ1v) is 10.6. The van der Waals surface area contributed by atoms with Gasteiger partial charge in [0.1, 0.15) is 11.8 Å². The predicted molar refractivity (Wildman–Crippen MR) is 120 cm³/mol. The molecular weight excluding hydrogens is 418 g/mol. The maximum absolute atomic E-state index is 12.6. The average Bonchev–Trinajstić information content (AvgIpc) is 2.77. The lowest BCUT2D eigenvalue weighted by Crippen LogP contribution is -2.30. The van der Waals surface area contributed by atoms with Gasteiger partial charge in [-0.15, -0.1) is 0 Å². The average molecular weight is 442 g/mol. The summed E-state index contributed by atoms with van der Waals surface area (Å²) in [7, 11) is 1.62. The highest BCUT2D eigenvalue weighted by atomic mass is 32.2. The van der Waals surface area contributed by atoms with Crippen LogP contribution in [-0.4, -0.2) is 29.8 Å². The molecule has 3 rings (SSSR count). The number of carbonyl (C=O) groups is 1. The van der Waals surface area contributed by atoms with Crippen LogP contribution in [0.4, 0.5) is 5.69 Å². The molecule has 1 heterocycles. The van der Waals surface area contributed by atoms with Crippen LogP contribution in [-0.2, 0) is 15.3 Å². The summed E-state index contributed by atoms with van der Waals surface area (Å²) < 4.78 is 10.4. The van der Waals surface area contributed by atoms with Gasteiger partial charge in [-0.3, -0.25) is 10.1 Å². The normalized spacial score (nSPS) is 15.7. The first-order chi connectivity index (χ1) is 14.9. The Bertz CT molecular complexity index is 1030. The summed E-state index contributed by atoms with van der Waals surface area (Å²) in [6, 6.07) is 13.2. The Kier molecular flexibility index (Phi) is 7.30. The molecule has 2 aromatic carbocycles. The molecule has 0 saturated carbocycles. The Morgan fingerprint density at radius 3 is 2.65 bits per heavy atom. The zero-order valence-electron chi connectivity index (χ0n) is 17.5. The Hall–Kier alpha value is -3.33. The van der Waals surface area contributed by atoms with E-state index >= 15 is 0 Å². The molecular formula is C22H23N3O5S. The molecule has 162 valence electrons. The minimum atomic E-state index is -0.696. The van der Waals surface area contributed by atoms with E-state index in [9.17, 15) is 14.9 Å². The molecule has 0 fully saturated rings. The van der Waals surface area contributed by atoms with Crippen LogP contribution in [0.1, 0.15) is 31.0 Å². The van der Waals surface area contributed by atoms with Gasteiger partial charge in [-0.05, 0) is 37.1 Å². The summed E-state index contributed by atoms with van der Waals surface area (Å²) >= 11 is 1.48. The third-order valence-corrected chi connectivity index (χ3v) is 5.60. The summed E-state index contributed by atoms with van der Waals surface area (Å²) in [6.07, 6.45) is 0. The number of benzene rings is 2. The number of esters is 1. The molecule has 0 aromatic heterocycles. The van der Waals surface area contributed by atoms with E-state index < -0.39 is 16.9 Å². The van der Waals surface area contributed by atoms with Gasteiger partial charge >= 0.3 is 5.97 Å². The number of hydrogen-bond acceptors (Lipinski definition) is 8. The number of hydrogen-bond donors (Lipinski definition) is 1. The fraction of sp³-hybridized carbons (Fsp3) is 0.273. The highest BCUT2D eigenvalue weighted by molar-refractivity contribution is 8.13. The zero-order valence-corrected chi connectivity index (χ0v) is 18.3. The van der Waals surface area contributed by atoms with E-state index in [0.29, 0.717) is 27.8 Å². The van der Waals surface area contributed by atoms with Crippen LogP contribution in [0.15, 0.2) is 64.8 Å². The van der Waals surface area contributed by atoms with Gasteiger partial charge in [0.25, 0.3) is 5.69 Å². The molecule has 0 radical (unpaired) electrons. The van der Waals surface area contributed by atoms with Crippen LogP contribution >= 0.6 is 11.8 Å². The SMILES string of the molecule is CCOC(=O)C1=C(C)NC(SCc2ccc(OC)cc2)=NC1c1cccc([N+](=O)[O-])c1. The molecule has 0 saturated heterocycles.